The third-order valence-corrected chi connectivity index (χ3v) is 6.01. The normalized spacial score (nSPS) is 18.4. The average Bonchev–Trinajstić information content (AvgIpc) is 3.31. The highest BCUT2D eigenvalue weighted by Gasteiger charge is 2.30. The predicted octanol–water partition coefficient (Wildman–Crippen LogP) is 2.08. The Labute approximate surface area is 210 Å². The van der Waals surface area contributed by atoms with E-state index < -0.39 is 38.0 Å². The molecule has 0 bridgehead atoms. The van der Waals surface area contributed by atoms with Gasteiger partial charge in [0.15, 0.2) is 0 Å². The first-order valence-electron chi connectivity index (χ1n) is 11.4. The SMILES string of the molecule is C#CCO.CC(C)OC(=O)C(C)NP(OCC1CCC(n2ccc(=O)[nH]c2=O)O1)Oc1ccccc1. The van der Waals surface area contributed by atoms with Crippen molar-refractivity contribution in [3.8, 4) is 18.1 Å². The van der Waals surface area contributed by atoms with Gasteiger partial charge < -0.3 is 23.6 Å². The maximum atomic E-state index is 12.2. The fraction of sp³-hybridized carbons (Fsp3) is 0.458. The van der Waals surface area contributed by atoms with Gasteiger partial charge in [-0.25, -0.2) is 9.88 Å². The summed E-state index contributed by atoms with van der Waals surface area (Å²) in [5.74, 6) is 2.18. The van der Waals surface area contributed by atoms with Gasteiger partial charge in [-0.2, -0.15) is 0 Å². The Morgan fingerprint density at radius 2 is 1.97 bits per heavy atom. The van der Waals surface area contributed by atoms with E-state index in [9.17, 15) is 14.4 Å². The fourth-order valence-electron chi connectivity index (χ4n) is 3.03. The molecule has 0 spiro atoms. The van der Waals surface area contributed by atoms with Gasteiger partial charge in [-0.3, -0.25) is 19.1 Å². The smallest absolute Gasteiger partial charge is 0.330 e. The number of para-hydroxylation sites is 1. The Morgan fingerprint density at radius 3 is 2.58 bits per heavy atom. The van der Waals surface area contributed by atoms with Crippen LogP contribution in [-0.4, -0.2) is 52.1 Å². The Hall–Kier alpha value is -3.00. The molecule has 0 saturated carbocycles. The molecule has 0 aliphatic carbocycles. The van der Waals surface area contributed by atoms with Gasteiger partial charge in [-0.1, -0.05) is 24.1 Å². The van der Waals surface area contributed by atoms with Gasteiger partial charge in [0.05, 0.1) is 18.8 Å². The number of H-pyrrole nitrogens is 1. The van der Waals surface area contributed by atoms with Gasteiger partial charge in [0.2, 0.25) is 0 Å². The standard InChI is InChI=1S/C21H28N3O7P.C3H4O/c1-14(2)29-20(26)15(3)23-32(31-16-7-5-4-6-8-16)28-13-17-9-10-19(30-17)24-12-11-18(25)22-21(24)27;1-2-3-4/h4-8,11-12,14-15,17,19,23H,9-10,13H2,1-3H3,(H,22,25,27);1,4H,3H2. The molecule has 3 rings (SSSR count). The summed E-state index contributed by atoms with van der Waals surface area (Å²) in [6.45, 7) is 5.30. The molecule has 1 aromatic heterocycles. The number of hydrogen-bond acceptors (Lipinski definition) is 9. The van der Waals surface area contributed by atoms with Crippen molar-refractivity contribution in [2.24, 2.45) is 0 Å². The summed E-state index contributed by atoms with van der Waals surface area (Å²) in [6, 6.07) is 9.78. The zero-order chi connectivity index (χ0) is 26.5. The largest absolute Gasteiger partial charge is 0.462 e. The molecule has 0 radical (unpaired) electrons. The number of esters is 1. The van der Waals surface area contributed by atoms with Crippen molar-refractivity contribution < 1.29 is 28.4 Å². The fourth-order valence-corrected chi connectivity index (χ4v) is 4.25. The molecule has 1 aromatic carbocycles. The number of carbonyl (C=O) groups is 1. The van der Waals surface area contributed by atoms with E-state index in [2.05, 4.69) is 16.5 Å². The van der Waals surface area contributed by atoms with Crippen molar-refractivity contribution in [2.45, 2.75) is 58.1 Å². The molecule has 0 amide bonds. The van der Waals surface area contributed by atoms with Crippen LogP contribution < -0.4 is 20.9 Å². The van der Waals surface area contributed by atoms with E-state index in [-0.39, 0.29) is 25.4 Å². The molecular weight excluding hydrogens is 489 g/mol. The van der Waals surface area contributed by atoms with Crippen LogP contribution in [0.2, 0.25) is 0 Å². The number of rotatable bonds is 10. The van der Waals surface area contributed by atoms with Gasteiger partial charge in [-0.05, 0) is 45.7 Å². The molecule has 1 aliphatic rings. The molecule has 1 saturated heterocycles. The number of aromatic nitrogens is 2. The second-order valence-electron chi connectivity index (χ2n) is 7.96. The number of nitrogens with one attached hydrogen (secondary N) is 2. The number of aliphatic hydroxyl groups is 1. The van der Waals surface area contributed by atoms with E-state index in [4.69, 9.17) is 23.6 Å². The van der Waals surface area contributed by atoms with Crippen LogP contribution in [0.25, 0.3) is 0 Å². The zero-order valence-electron chi connectivity index (χ0n) is 20.5. The Kier molecular flexibility index (Phi) is 12.3. The maximum Gasteiger partial charge on any atom is 0.330 e. The average molecular weight is 522 g/mol. The Bertz CT molecular complexity index is 1100. The summed E-state index contributed by atoms with van der Waals surface area (Å²) < 4.78 is 24.4. The highest BCUT2D eigenvalue weighted by Crippen LogP contribution is 2.38. The molecule has 196 valence electrons. The van der Waals surface area contributed by atoms with Crippen molar-refractivity contribution in [1.82, 2.24) is 14.6 Å². The number of aliphatic hydroxyl groups excluding tert-OH is 1. The third kappa shape index (κ3) is 9.93. The van der Waals surface area contributed by atoms with Gasteiger partial charge in [0.1, 0.15) is 24.6 Å². The monoisotopic (exact) mass is 521 g/mol. The summed E-state index contributed by atoms with van der Waals surface area (Å²) in [5.41, 5.74) is -0.970. The Balaban J connectivity index is 0.00000106. The lowest BCUT2D eigenvalue weighted by Gasteiger charge is -2.23. The van der Waals surface area contributed by atoms with Gasteiger partial charge >= 0.3 is 20.2 Å². The molecule has 4 atom stereocenters. The van der Waals surface area contributed by atoms with Crippen molar-refractivity contribution in [1.29, 1.82) is 0 Å². The minimum absolute atomic E-state index is 0.153. The number of ether oxygens (including phenoxy) is 2. The highest BCUT2D eigenvalue weighted by atomic mass is 31.2. The summed E-state index contributed by atoms with van der Waals surface area (Å²) >= 11 is 0. The van der Waals surface area contributed by atoms with Crippen LogP contribution in [0.4, 0.5) is 0 Å². The number of terminal acetylenes is 1. The van der Waals surface area contributed by atoms with Crippen LogP contribution in [0.3, 0.4) is 0 Å². The van der Waals surface area contributed by atoms with Crippen molar-refractivity contribution in [2.75, 3.05) is 13.2 Å². The van der Waals surface area contributed by atoms with Crippen LogP contribution >= 0.6 is 8.53 Å². The van der Waals surface area contributed by atoms with Crippen LogP contribution in [-0.2, 0) is 18.8 Å². The van der Waals surface area contributed by atoms with Gasteiger partial charge in [-0.15, -0.1) is 6.42 Å². The van der Waals surface area contributed by atoms with Crippen molar-refractivity contribution >= 4 is 14.5 Å². The molecule has 11 nitrogen and oxygen atoms in total. The first-order chi connectivity index (χ1) is 17.2. The lowest BCUT2D eigenvalue weighted by molar-refractivity contribution is -0.149. The summed E-state index contributed by atoms with van der Waals surface area (Å²) in [5, 5.41) is 10.7. The first-order valence-corrected chi connectivity index (χ1v) is 12.5. The lowest BCUT2D eigenvalue weighted by Crippen LogP contribution is -2.35. The van der Waals surface area contributed by atoms with Crippen LogP contribution in [0, 0.1) is 12.3 Å². The topological polar surface area (TPSA) is 141 Å². The minimum Gasteiger partial charge on any atom is -0.462 e. The quantitative estimate of drug-likeness (QED) is 0.243. The van der Waals surface area contributed by atoms with Crippen molar-refractivity contribution in [3.63, 3.8) is 0 Å². The lowest BCUT2D eigenvalue weighted by atomic mass is 10.2. The zero-order valence-corrected chi connectivity index (χ0v) is 21.4. The molecule has 36 heavy (non-hydrogen) atoms. The molecular formula is C24H32N3O8P. The Morgan fingerprint density at radius 1 is 1.28 bits per heavy atom. The second-order valence-corrected chi connectivity index (χ2v) is 9.18. The molecule has 2 heterocycles. The number of hydrogen-bond donors (Lipinski definition) is 3. The third-order valence-electron chi connectivity index (χ3n) is 4.65. The summed E-state index contributed by atoms with van der Waals surface area (Å²) in [4.78, 5) is 37.7. The van der Waals surface area contributed by atoms with E-state index in [1.54, 1.807) is 32.9 Å². The molecule has 2 aromatic rings. The highest BCUT2D eigenvalue weighted by molar-refractivity contribution is 7.45. The van der Waals surface area contributed by atoms with E-state index >= 15 is 0 Å². The minimum atomic E-state index is -1.68. The second kappa shape index (κ2) is 15.2. The first kappa shape index (κ1) is 29.2. The van der Waals surface area contributed by atoms with Gasteiger partial charge in [0.25, 0.3) is 5.56 Å². The van der Waals surface area contributed by atoms with E-state index in [0.29, 0.717) is 18.6 Å². The number of carbonyl (C=O) groups excluding carboxylic acids is 1. The van der Waals surface area contributed by atoms with E-state index in [1.165, 1.54) is 16.8 Å². The van der Waals surface area contributed by atoms with E-state index in [0.717, 1.165) is 0 Å². The van der Waals surface area contributed by atoms with E-state index in [1.807, 2.05) is 24.1 Å². The van der Waals surface area contributed by atoms with Crippen LogP contribution in [0.1, 0.15) is 39.8 Å². The molecule has 1 fully saturated rings. The molecule has 1 aliphatic heterocycles. The molecule has 3 N–H and O–H groups in total. The van der Waals surface area contributed by atoms with Gasteiger partial charge in [0, 0.05) is 12.3 Å². The van der Waals surface area contributed by atoms with Crippen molar-refractivity contribution in [3.05, 3.63) is 63.4 Å². The van der Waals surface area contributed by atoms with Crippen LogP contribution in [0.5, 0.6) is 5.75 Å². The molecule has 12 heteroatoms. The molecule has 4 unspecified atom stereocenters. The summed E-state index contributed by atoms with van der Waals surface area (Å²) in [7, 11) is -1.68. The maximum absolute atomic E-state index is 12.2. The number of aromatic amines is 1. The van der Waals surface area contributed by atoms with Crippen LogP contribution in [0.15, 0.2) is 52.2 Å². The summed E-state index contributed by atoms with van der Waals surface area (Å²) in [6.07, 6.45) is 6.22. The number of benzene rings is 1. The number of nitrogens with zero attached hydrogens (tertiary/aromatic N) is 1. The predicted molar refractivity (Wildman–Crippen MR) is 134 cm³/mol.